The second-order valence-corrected chi connectivity index (χ2v) is 8.47. The van der Waals surface area contributed by atoms with E-state index < -0.39 is 0 Å². The number of thiazole rings is 1. The summed E-state index contributed by atoms with van der Waals surface area (Å²) in [6.07, 6.45) is 3.80. The van der Waals surface area contributed by atoms with E-state index in [1.807, 2.05) is 5.38 Å². The molecule has 3 aliphatic rings. The molecule has 1 aromatic heterocycles. The zero-order valence-corrected chi connectivity index (χ0v) is 13.4. The van der Waals surface area contributed by atoms with Gasteiger partial charge in [0.1, 0.15) is 6.04 Å². The second-order valence-electron chi connectivity index (χ2n) is 6.11. The number of carbonyl (C=O) groups is 2. The molecule has 2 saturated heterocycles. The van der Waals surface area contributed by atoms with E-state index in [-0.39, 0.29) is 22.7 Å². The first-order valence-electron chi connectivity index (χ1n) is 7.29. The lowest BCUT2D eigenvalue weighted by Crippen LogP contribution is -2.48. The van der Waals surface area contributed by atoms with Crippen LogP contribution in [0.25, 0.3) is 0 Å². The van der Waals surface area contributed by atoms with E-state index in [0.29, 0.717) is 23.2 Å². The van der Waals surface area contributed by atoms with Crippen molar-refractivity contribution >= 4 is 40.0 Å². The van der Waals surface area contributed by atoms with Gasteiger partial charge in [0.15, 0.2) is 5.13 Å². The number of carbonyl (C=O) groups excluding carboxylic acids is 2. The highest BCUT2D eigenvalue weighted by Gasteiger charge is 2.52. The topological polar surface area (TPSA) is 62.3 Å². The van der Waals surface area contributed by atoms with Crippen molar-refractivity contribution in [2.75, 3.05) is 11.1 Å². The van der Waals surface area contributed by atoms with Crippen molar-refractivity contribution in [1.82, 2.24) is 9.88 Å². The number of nitrogens with one attached hydrogen (secondary N) is 1. The van der Waals surface area contributed by atoms with Crippen molar-refractivity contribution < 1.29 is 9.59 Å². The summed E-state index contributed by atoms with van der Waals surface area (Å²) in [4.78, 5) is 30.6. The minimum atomic E-state index is -0.358. The van der Waals surface area contributed by atoms with Crippen LogP contribution in [0.4, 0.5) is 5.13 Å². The van der Waals surface area contributed by atoms with Crippen LogP contribution in [-0.4, -0.2) is 38.4 Å². The van der Waals surface area contributed by atoms with Crippen molar-refractivity contribution in [3.8, 4) is 0 Å². The molecule has 2 amide bonds. The van der Waals surface area contributed by atoms with E-state index in [1.54, 1.807) is 16.7 Å². The molecular formula is C14H17N3O2S2. The smallest absolute Gasteiger partial charge is 0.249 e. The maximum Gasteiger partial charge on any atom is 0.249 e. The van der Waals surface area contributed by atoms with E-state index in [9.17, 15) is 9.59 Å². The molecule has 0 radical (unpaired) electrons. The summed E-state index contributed by atoms with van der Waals surface area (Å²) in [5.41, 5.74) is 1.10. The van der Waals surface area contributed by atoms with E-state index in [4.69, 9.17) is 0 Å². The van der Waals surface area contributed by atoms with Crippen LogP contribution in [0.2, 0.25) is 0 Å². The SMILES string of the molecule is C[C@@]12CCC(=O)N1[C@@H](C(=O)Nc1nc(C3CC3)cs1)CS2. The molecule has 4 rings (SSSR count). The molecule has 3 fully saturated rings. The summed E-state index contributed by atoms with van der Waals surface area (Å²) in [6, 6.07) is -0.358. The number of nitrogens with zero attached hydrogens (tertiary/aromatic N) is 2. The summed E-state index contributed by atoms with van der Waals surface area (Å²) >= 11 is 3.19. The highest BCUT2D eigenvalue weighted by atomic mass is 32.2. The number of fused-ring (bicyclic) bond motifs is 1. The first kappa shape index (κ1) is 13.6. The van der Waals surface area contributed by atoms with Gasteiger partial charge in [-0.2, -0.15) is 0 Å². The summed E-state index contributed by atoms with van der Waals surface area (Å²) in [7, 11) is 0. The molecule has 21 heavy (non-hydrogen) atoms. The third kappa shape index (κ3) is 2.26. The van der Waals surface area contributed by atoms with Gasteiger partial charge in [0.05, 0.1) is 10.6 Å². The van der Waals surface area contributed by atoms with Crippen LogP contribution < -0.4 is 5.32 Å². The Morgan fingerprint density at radius 3 is 3.10 bits per heavy atom. The van der Waals surface area contributed by atoms with Gasteiger partial charge in [-0.05, 0) is 26.2 Å². The average molecular weight is 323 g/mol. The molecule has 2 atom stereocenters. The minimum absolute atomic E-state index is 0.0976. The normalized spacial score (nSPS) is 31.6. The number of aromatic nitrogens is 1. The van der Waals surface area contributed by atoms with E-state index in [1.165, 1.54) is 24.2 Å². The lowest BCUT2D eigenvalue weighted by Gasteiger charge is -2.29. The molecule has 3 heterocycles. The zero-order valence-electron chi connectivity index (χ0n) is 11.8. The summed E-state index contributed by atoms with van der Waals surface area (Å²) < 4.78 is 0. The first-order chi connectivity index (χ1) is 10.1. The lowest BCUT2D eigenvalue weighted by molar-refractivity contribution is -0.135. The van der Waals surface area contributed by atoms with Crippen molar-refractivity contribution in [3.63, 3.8) is 0 Å². The van der Waals surface area contributed by atoms with Crippen LogP contribution in [0.15, 0.2) is 5.38 Å². The van der Waals surface area contributed by atoms with Crippen LogP contribution in [0.1, 0.15) is 44.2 Å². The Hall–Kier alpha value is -1.08. The molecule has 1 saturated carbocycles. The van der Waals surface area contributed by atoms with E-state index in [2.05, 4.69) is 17.2 Å². The second kappa shape index (κ2) is 4.71. The van der Waals surface area contributed by atoms with Crippen LogP contribution in [0, 0.1) is 0 Å². The summed E-state index contributed by atoms with van der Waals surface area (Å²) in [6.45, 7) is 2.06. The molecule has 0 unspecified atom stereocenters. The van der Waals surface area contributed by atoms with Gasteiger partial charge in [0, 0.05) is 23.5 Å². The maximum atomic E-state index is 12.5. The molecule has 7 heteroatoms. The zero-order chi connectivity index (χ0) is 14.6. The van der Waals surface area contributed by atoms with Crippen LogP contribution in [-0.2, 0) is 9.59 Å². The summed E-state index contributed by atoms with van der Waals surface area (Å²) in [5, 5.41) is 5.59. The number of anilines is 1. The van der Waals surface area contributed by atoms with Gasteiger partial charge < -0.3 is 10.2 Å². The largest absolute Gasteiger partial charge is 0.315 e. The Balaban J connectivity index is 1.48. The number of hydrogen-bond donors (Lipinski definition) is 1. The van der Waals surface area contributed by atoms with Gasteiger partial charge in [-0.1, -0.05) is 0 Å². The molecular weight excluding hydrogens is 306 g/mol. The fourth-order valence-electron chi connectivity index (χ4n) is 3.11. The van der Waals surface area contributed by atoms with E-state index >= 15 is 0 Å². The van der Waals surface area contributed by atoms with Crippen LogP contribution in [0.3, 0.4) is 0 Å². The van der Waals surface area contributed by atoms with Crippen molar-refractivity contribution in [1.29, 1.82) is 0 Å². The molecule has 0 bridgehead atoms. The average Bonchev–Trinajstić information content (AvgIpc) is 2.99. The standard InChI is InChI=1S/C14H17N3O2S2/c1-14-5-4-11(18)17(14)10(7-21-14)12(19)16-13-15-9(6-20-13)8-2-3-8/h6,8,10H,2-5,7H2,1H3,(H,15,16,19)/t10-,14-/m1/s1. The fraction of sp³-hybridized carbons (Fsp3) is 0.643. The maximum absolute atomic E-state index is 12.5. The Morgan fingerprint density at radius 2 is 2.33 bits per heavy atom. The molecule has 112 valence electrons. The Kier molecular flexibility index (Phi) is 3.04. The molecule has 0 spiro atoms. The van der Waals surface area contributed by atoms with E-state index in [0.717, 1.165) is 12.1 Å². The van der Waals surface area contributed by atoms with Gasteiger partial charge in [-0.15, -0.1) is 23.1 Å². The number of amides is 2. The molecule has 2 aliphatic heterocycles. The Labute approximate surface area is 131 Å². The van der Waals surface area contributed by atoms with Gasteiger partial charge in [-0.3, -0.25) is 9.59 Å². The predicted octanol–water partition coefficient (Wildman–Crippen LogP) is 2.41. The molecule has 1 aromatic rings. The third-order valence-corrected chi connectivity index (χ3v) is 6.78. The number of thioether (sulfide) groups is 1. The molecule has 1 N–H and O–H groups in total. The van der Waals surface area contributed by atoms with Crippen molar-refractivity contribution in [2.45, 2.75) is 49.4 Å². The molecule has 0 aromatic carbocycles. The minimum Gasteiger partial charge on any atom is -0.315 e. The van der Waals surface area contributed by atoms with Crippen LogP contribution in [0.5, 0.6) is 0 Å². The fourth-order valence-corrected chi connectivity index (χ4v) is 5.34. The number of rotatable bonds is 3. The Bertz CT molecular complexity index is 613. The van der Waals surface area contributed by atoms with Gasteiger partial charge in [-0.25, -0.2) is 4.98 Å². The van der Waals surface area contributed by atoms with Crippen molar-refractivity contribution in [3.05, 3.63) is 11.1 Å². The number of hydrogen-bond acceptors (Lipinski definition) is 5. The highest BCUT2D eigenvalue weighted by Crippen LogP contribution is 2.47. The molecule has 1 aliphatic carbocycles. The van der Waals surface area contributed by atoms with Crippen LogP contribution >= 0.6 is 23.1 Å². The van der Waals surface area contributed by atoms with Crippen molar-refractivity contribution in [2.24, 2.45) is 0 Å². The third-order valence-electron chi connectivity index (χ3n) is 4.50. The monoisotopic (exact) mass is 323 g/mol. The highest BCUT2D eigenvalue weighted by molar-refractivity contribution is 8.01. The quantitative estimate of drug-likeness (QED) is 0.928. The first-order valence-corrected chi connectivity index (χ1v) is 9.16. The lowest BCUT2D eigenvalue weighted by atomic mass is 10.2. The Morgan fingerprint density at radius 1 is 1.52 bits per heavy atom. The molecule has 5 nitrogen and oxygen atoms in total. The predicted molar refractivity (Wildman–Crippen MR) is 83.4 cm³/mol. The summed E-state index contributed by atoms with van der Waals surface area (Å²) in [5.74, 6) is 1.27. The van der Waals surface area contributed by atoms with Gasteiger partial charge in [0.2, 0.25) is 11.8 Å². The van der Waals surface area contributed by atoms with Gasteiger partial charge in [0.25, 0.3) is 0 Å². The van der Waals surface area contributed by atoms with Gasteiger partial charge >= 0.3 is 0 Å².